The Kier molecular flexibility index (Phi) is 2.50. The molecule has 0 bridgehead atoms. The Morgan fingerprint density at radius 1 is 1.21 bits per heavy atom. The molecule has 2 aromatic heterocycles. The highest BCUT2D eigenvalue weighted by Gasteiger charge is 2.33. The highest BCUT2D eigenvalue weighted by Crippen LogP contribution is 2.47. The van der Waals surface area contributed by atoms with Gasteiger partial charge in [0.1, 0.15) is 6.61 Å². The third kappa shape index (κ3) is 1.65. The molecule has 0 saturated carbocycles. The lowest BCUT2D eigenvalue weighted by molar-refractivity contribution is 0.280. The fraction of sp³-hybridized carbons (Fsp3) is 0.357. The van der Waals surface area contributed by atoms with E-state index >= 15 is 0 Å². The van der Waals surface area contributed by atoms with Crippen LogP contribution >= 0.6 is 10.8 Å². The lowest BCUT2D eigenvalue weighted by atomic mass is 9.96. The second-order valence-electron chi connectivity index (χ2n) is 4.84. The van der Waals surface area contributed by atoms with E-state index in [1.165, 1.54) is 12.0 Å². The lowest BCUT2D eigenvalue weighted by Crippen LogP contribution is -2.11. The van der Waals surface area contributed by atoms with E-state index in [-0.39, 0.29) is 0 Å². The van der Waals surface area contributed by atoms with Gasteiger partial charge in [-0.05, 0) is 42.1 Å². The van der Waals surface area contributed by atoms with Crippen molar-refractivity contribution in [1.29, 1.82) is 0 Å². The quantitative estimate of drug-likeness (QED) is 0.748. The van der Waals surface area contributed by atoms with E-state index in [0.717, 1.165) is 29.7 Å². The summed E-state index contributed by atoms with van der Waals surface area (Å²) in [7, 11) is -1.09. The van der Waals surface area contributed by atoms with Crippen LogP contribution in [0.2, 0.25) is 0 Å². The number of fused-ring (bicyclic) bond motifs is 3. The van der Waals surface area contributed by atoms with Gasteiger partial charge < -0.3 is 13.7 Å². The highest BCUT2D eigenvalue weighted by molar-refractivity contribution is 7.29. The second-order valence-corrected chi connectivity index (χ2v) is 6.26. The number of nitrogens with zero attached hydrogens (tertiary/aromatic N) is 1. The molecule has 98 valence electrons. The van der Waals surface area contributed by atoms with Crippen LogP contribution in [0.3, 0.4) is 0 Å². The van der Waals surface area contributed by atoms with Crippen molar-refractivity contribution >= 4 is 21.6 Å². The van der Waals surface area contributed by atoms with Crippen molar-refractivity contribution in [3.8, 4) is 0 Å². The average molecular weight is 275 g/mol. The Balaban J connectivity index is 1.85. The van der Waals surface area contributed by atoms with Gasteiger partial charge in [0.15, 0.2) is 10.6 Å². The Morgan fingerprint density at radius 3 is 2.95 bits per heavy atom. The van der Waals surface area contributed by atoms with Crippen LogP contribution in [0.1, 0.15) is 34.6 Å². The summed E-state index contributed by atoms with van der Waals surface area (Å²) in [5.74, 6) is 1.03. The number of aliphatic imine (C=N–C) groups is 1. The molecule has 19 heavy (non-hydrogen) atoms. The van der Waals surface area contributed by atoms with E-state index in [2.05, 4.69) is 4.99 Å². The minimum Gasteiger partial charge on any atom is -0.589 e. The normalized spacial score (nSPS) is 18.4. The molecule has 1 aliphatic heterocycles. The van der Waals surface area contributed by atoms with Crippen molar-refractivity contribution in [1.82, 2.24) is 0 Å². The van der Waals surface area contributed by atoms with Crippen LogP contribution < -0.4 is 0 Å². The molecule has 3 heterocycles. The standard InChI is InChI=1S/C14H13NO3S/c16-19-12-6-2-1-4-9(12)10-8-18-13(15-14(10)19)11-5-3-7-17-11/h3,5,7H,1-2,4,6,8H2. The molecule has 5 heteroatoms. The molecule has 0 fully saturated rings. The van der Waals surface area contributed by atoms with Crippen LogP contribution in [0.5, 0.6) is 0 Å². The minimum absolute atomic E-state index is 0.442. The lowest BCUT2D eigenvalue weighted by Gasteiger charge is -2.12. The van der Waals surface area contributed by atoms with E-state index in [4.69, 9.17) is 9.15 Å². The summed E-state index contributed by atoms with van der Waals surface area (Å²) in [4.78, 5) is 5.50. The van der Waals surface area contributed by atoms with Crippen molar-refractivity contribution in [3.05, 3.63) is 40.2 Å². The monoisotopic (exact) mass is 275 g/mol. The number of hydrogen-bond acceptors (Lipinski definition) is 4. The molecule has 4 nitrogen and oxygen atoms in total. The van der Waals surface area contributed by atoms with Gasteiger partial charge in [0.05, 0.1) is 11.8 Å². The molecular weight excluding hydrogens is 262 g/mol. The van der Waals surface area contributed by atoms with Crippen molar-refractivity contribution < 1.29 is 13.7 Å². The summed E-state index contributed by atoms with van der Waals surface area (Å²) < 4.78 is 23.4. The van der Waals surface area contributed by atoms with Gasteiger partial charge in [-0.25, -0.2) is 0 Å². The van der Waals surface area contributed by atoms with Gasteiger partial charge in [-0.1, -0.05) is 0 Å². The van der Waals surface area contributed by atoms with Crippen molar-refractivity contribution in [3.63, 3.8) is 0 Å². The van der Waals surface area contributed by atoms with Gasteiger partial charge in [0.2, 0.25) is 0 Å². The fourth-order valence-corrected chi connectivity index (χ4v) is 4.39. The smallest absolute Gasteiger partial charge is 0.276 e. The molecule has 0 N–H and O–H groups in total. The van der Waals surface area contributed by atoms with Gasteiger partial charge in [-0.2, -0.15) is 4.99 Å². The SMILES string of the molecule is [O-][s+]1c2c(c3c1N=C(c1ccco1)OC3)CCCC2. The zero-order valence-corrected chi connectivity index (χ0v) is 11.2. The molecule has 1 aliphatic carbocycles. The third-order valence-corrected chi connectivity index (χ3v) is 5.31. The maximum atomic E-state index is 12.5. The molecule has 2 aromatic rings. The average Bonchev–Trinajstić information content (AvgIpc) is 3.08. The van der Waals surface area contributed by atoms with Crippen molar-refractivity contribution in [2.45, 2.75) is 32.3 Å². The predicted molar refractivity (Wildman–Crippen MR) is 71.4 cm³/mol. The van der Waals surface area contributed by atoms with Gasteiger partial charge in [-0.15, -0.1) is 0 Å². The topological polar surface area (TPSA) is 57.8 Å². The number of furan rings is 1. The first-order valence-corrected chi connectivity index (χ1v) is 7.62. The molecule has 0 amide bonds. The maximum Gasteiger partial charge on any atom is 0.276 e. The van der Waals surface area contributed by atoms with Crippen LogP contribution in [-0.2, 0) is 24.2 Å². The van der Waals surface area contributed by atoms with Gasteiger partial charge in [0.25, 0.3) is 10.9 Å². The molecular formula is C14H13NO3S. The Hall–Kier alpha value is -1.59. The van der Waals surface area contributed by atoms with Crippen LogP contribution in [0.15, 0.2) is 27.8 Å². The summed E-state index contributed by atoms with van der Waals surface area (Å²) in [6.07, 6.45) is 5.82. The van der Waals surface area contributed by atoms with Crippen LogP contribution in [0, 0.1) is 0 Å². The number of ether oxygens (including phenoxy) is 1. The number of rotatable bonds is 1. The van der Waals surface area contributed by atoms with Crippen LogP contribution in [0.25, 0.3) is 0 Å². The summed E-state index contributed by atoms with van der Waals surface area (Å²) in [5.41, 5.74) is 2.28. The van der Waals surface area contributed by atoms with Crippen LogP contribution in [-0.4, -0.2) is 10.5 Å². The Labute approximate surface area is 113 Å². The first-order chi connectivity index (χ1) is 9.34. The summed E-state index contributed by atoms with van der Waals surface area (Å²) in [5, 5.41) is 0.685. The summed E-state index contributed by atoms with van der Waals surface area (Å²) >= 11 is 0. The first kappa shape index (κ1) is 11.3. The third-order valence-electron chi connectivity index (χ3n) is 3.73. The Morgan fingerprint density at radius 2 is 2.11 bits per heavy atom. The molecule has 1 unspecified atom stereocenters. The molecule has 0 spiro atoms. The highest BCUT2D eigenvalue weighted by atomic mass is 32.2. The summed E-state index contributed by atoms with van der Waals surface area (Å²) in [6, 6.07) is 3.59. The van der Waals surface area contributed by atoms with E-state index in [9.17, 15) is 4.55 Å². The predicted octanol–water partition coefficient (Wildman–Crippen LogP) is 3.49. The van der Waals surface area contributed by atoms with E-state index < -0.39 is 10.8 Å². The molecule has 1 atom stereocenters. The molecule has 2 aliphatic rings. The summed E-state index contributed by atoms with van der Waals surface area (Å²) in [6.45, 7) is 0.458. The second kappa shape index (κ2) is 4.21. The minimum atomic E-state index is -1.09. The zero-order valence-electron chi connectivity index (χ0n) is 10.3. The van der Waals surface area contributed by atoms with Gasteiger partial charge in [0, 0.05) is 12.0 Å². The molecule has 0 aromatic carbocycles. The molecule has 0 saturated heterocycles. The first-order valence-electron chi connectivity index (χ1n) is 6.47. The number of thiophene rings is 1. The number of hydrogen-bond donors (Lipinski definition) is 0. The van der Waals surface area contributed by atoms with E-state index in [1.54, 1.807) is 18.4 Å². The zero-order chi connectivity index (χ0) is 12.8. The van der Waals surface area contributed by atoms with Crippen LogP contribution in [0.4, 0.5) is 5.00 Å². The Bertz CT molecular complexity index is 655. The van der Waals surface area contributed by atoms with Crippen molar-refractivity contribution in [2.24, 2.45) is 4.99 Å². The molecule has 4 rings (SSSR count). The van der Waals surface area contributed by atoms with Gasteiger partial charge >= 0.3 is 0 Å². The fourth-order valence-electron chi connectivity index (χ4n) is 2.81. The largest absolute Gasteiger partial charge is 0.589 e. The molecule has 0 radical (unpaired) electrons. The maximum absolute atomic E-state index is 12.5. The van der Waals surface area contributed by atoms with Crippen molar-refractivity contribution in [2.75, 3.05) is 0 Å². The van der Waals surface area contributed by atoms with E-state index in [0.29, 0.717) is 23.3 Å². The van der Waals surface area contributed by atoms with E-state index in [1.807, 2.05) is 0 Å². The van der Waals surface area contributed by atoms with Gasteiger partial charge in [-0.3, -0.25) is 0 Å².